The third-order valence-corrected chi connectivity index (χ3v) is 13.7. The largest absolute Gasteiger partial charge is 0.395 e. The van der Waals surface area contributed by atoms with Crippen LogP contribution in [0.25, 0.3) is 10.4 Å². The average Bonchev–Trinajstić information content (AvgIpc) is 3.80. The molecule has 2 unspecified atom stereocenters. The summed E-state index contributed by atoms with van der Waals surface area (Å²) in [5.74, 6) is 2.56. The zero-order chi connectivity index (χ0) is 37.4. The maximum absolute atomic E-state index is 13.4. The van der Waals surface area contributed by atoms with Crippen LogP contribution in [0.1, 0.15) is 121 Å². The van der Waals surface area contributed by atoms with Gasteiger partial charge >= 0.3 is 0 Å². The molecule has 2 aromatic heterocycles. The van der Waals surface area contributed by atoms with Crippen molar-refractivity contribution in [2.75, 3.05) is 63.9 Å². The second-order valence-electron chi connectivity index (χ2n) is 16.9. The molecule has 10 heteroatoms. The van der Waals surface area contributed by atoms with E-state index in [0.717, 1.165) is 69.3 Å². The van der Waals surface area contributed by atoms with E-state index in [-0.39, 0.29) is 24.3 Å². The van der Waals surface area contributed by atoms with Crippen LogP contribution in [0.3, 0.4) is 0 Å². The van der Waals surface area contributed by atoms with E-state index < -0.39 is 0 Å². The van der Waals surface area contributed by atoms with Crippen molar-refractivity contribution < 1.29 is 14.4 Å². The number of rotatable bonds is 18. The fourth-order valence-electron chi connectivity index (χ4n) is 9.36. The predicted octanol–water partition coefficient (Wildman–Crippen LogP) is 8.10. The van der Waals surface area contributed by atoms with Gasteiger partial charge in [0, 0.05) is 44.8 Å². The molecule has 0 bridgehead atoms. The Hall–Kier alpha value is -2.79. The van der Waals surface area contributed by atoms with E-state index in [1.807, 2.05) is 11.6 Å². The second kappa shape index (κ2) is 18.7. The topological polar surface area (TPSA) is 98.0 Å². The molecule has 3 aliphatic rings. The summed E-state index contributed by atoms with van der Waals surface area (Å²) in [6.07, 6.45) is 11.9. The third-order valence-electron chi connectivity index (χ3n) is 12.7. The van der Waals surface area contributed by atoms with Crippen LogP contribution >= 0.6 is 11.3 Å². The van der Waals surface area contributed by atoms with E-state index in [0.29, 0.717) is 29.7 Å². The molecule has 1 amide bonds. The highest BCUT2D eigenvalue weighted by molar-refractivity contribution is 7.13. The Morgan fingerprint density at radius 2 is 1.81 bits per heavy atom. The lowest BCUT2D eigenvalue weighted by molar-refractivity contribution is -0.124. The molecule has 2 saturated heterocycles. The molecule has 2 atom stereocenters. The molecule has 9 nitrogen and oxygen atoms in total. The number of likely N-dealkylation sites (tertiary alicyclic amines) is 1. The molecular formula is C43H66N6O3S. The van der Waals surface area contributed by atoms with Crippen molar-refractivity contribution in [1.29, 1.82) is 0 Å². The number of aliphatic hydroxyl groups excluding tert-OH is 1. The van der Waals surface area contributed by atoms with E-state index in [1.165, 1.54) is 74.2 Å². The highest BCUT2D eigenvalue weighted by Gasteiger charge is 2.47. The summed E-state index contributed by atoms with van der Waals surface area (Å²) in [5, 5.41) is 17.2. The number of unbranched alkanes of at least 4 members (excludes halogenated alkanes) is 1. The van der Waals surface area contributed by atoms with E-state index >= 15 is 0 Å². The molecule has 1 saturated carbocycles. The normalized spacial score (nSPS) is 19.6. The molecule has 1 spiro atoms. The molecule has 2 N–H and O–H groups in total. The van der Waals surface area contributed by atoms with Crippen LogP contribution in [-0.2, 0) is 4.79 Å². The van der Waals surface area contributed by atoms with Gasteiger partial charge in [0.1, 0.15) is 5.92 Å². The van der Waals surface area contributed by atoms with Gasteiger partial charge in [-0.15, -0.1) is 11.3 Å². The second-order valence-corrected chi connectivity index (χ2v) is 17.8. The first kappa shape index (κ1) is 39.9. The maximum atomic E-state index is 13.4. The molecule has 6 rings (SSSR count). The van der Waals surface area contributed by atoms with Gasteiger partial charge in [-0.3, -0.25) is 9.69 Å². The lowest BCUT2D eigenvalue weighted by atomic mass is 9.60. The molecule has 292 valence electrons. The van der Waals surface area contributed by atoms with Gasteiger partial charge in [0.25, 0.3) is 0 Å². The van der Waals surface area contributed by atoms with Crippen molar-refractivity contribution >= 4 is 23.1 Å². The Bertz CT molecular complexity index is 1540. The lowest BCUT2D eigenvalue weighted by Gasteiger charge is -2.55. The fraction of sp³-hybridized carbons (Fsp3) is 0.698. The summed E-state index contributed by atoms with van der Waals surface area (Å²) in [6.45, 7) is 19.3. The number of carbonyl (C=O) groups is 1. The molecule has 53 heavy (non-hydrogen) atoms. The lowest BCUT2D eigenvalue weighted by Crippen LogP contribution is -2.56. The van der Waals surface area contributed by atoms with Crippen LogP contribution in [-0.4, -0.2) is 96.0 Å². The standard InChI is InChI=1S/C43H66N6O3S/c1-6-19-48(24-25-50)37-27-43(28-37)16-22-47(23-17-43)29-34-14-20-49(21-15-34)39-26-38(52-46-39)40(31(2)3)42(51)44-18-8-7-9-32(4)35-10-12-36(13-11-35)41-33(5)45-30-53-41/h10-13,26,30-32,34,37,40,50H,6-9,14-25,27-29H2,1-5H3,(H,44,51). The zero-order valence-electron chi connectivity index (χ0n) is 33.2. The number of anilines is 1. The highest BCUT2D eigenvalue weighted by atomic mass is 32.1. The SMILES string of the molecule is CCCN(CCO)C1CC2(CCN(CC3CCN(c4cc(C(C(=O)NCCCCC(C)c5ccc(-c6scnc6C)cc5)C(C)C)on4)CC3)CC2)C1. The quantitative estimate of drug-likeness (QED) is 0.126. The Morgan fingerprint density at radius 3 is 2.45 bits per heavy atom. The van der Waals surface area contributed by atoms with Crippen LogP contribution in [0.5, 0.6) is 0 Å². The first-order chi connectivity index (χ1) is 25.7. The van der Waals surface area contributed by atoms with E-state index in [4.69, 9.17) is 4.52 Å². The van der Waals surface area contributed by atoms with Gasteiger partial charge in [0.15, 0.2) is 11.6 Å². The highest BCUT2D eigenvalue weighted by Crippen LogP contribution is 2.51. The Balaban J connectivity index is 0.883. The number of piperidine rings is 2. The predicted molar refractivity (Wildman–Crippen MR) is 217 cm³/mol. The van der Waals surface area contributed by atoms with Gasteiger partial charge in [-0.05, 0) is 119 Å². The number of hydrogen-bond donors (Lipinski definition) is 2. The van der Waals surface area contributed by atoms with Gasteiger partial charge in [0.05, 0.1) is 22.7 Å². The summed E-state index contributed by atoms with van der Waals surface area (Å²) in [7, 11) is 0. The number of thiazole rings is 1. The monoisotopic (exact) mass is 746 g/mol. The zero-order valence-corrected chi connectivity index (χ0v) is 34.0. The molecule has 3 aromatic rings. The Labute approximate surface area is 322 Å². The number of carbonyl (C=O) groups excluding carboxylic acids is 1. The number of amides is 1. The van der Waals surface area contributed by atoms with E-state index in [2.05, 4.69) is 89.0 Å². The van der Waals surface area contributed by atoms with Crippen molar-refractivity contribution in [2.24, 2.45) is 17.3 Å². The number of aromatic nitrogens is 2. The average molecular weight is 747 g/mol. The molecule has 1 aliphatic carbocycles. The van der Waals surface area contributed by atoms with Gasteiger partial charge in [0.2, 0.25) is 5.91 Å². The summed E-state index contributed by atoms with van der Waals surface area (Å²) >= 11 is 1.69. The number of nitrogens with zero attached hydrogens (tertiary/aromatic N) is 5. The first-order valence-electron chi connectivity index (χ1n) is 20.8. The van der Waals surface area contributed by atoms with Gasteiger partial charge in [-0.2, -0.15) is 0 Å². The third kappa shape index (κ3) is 10.1. The summed E-state index contributed by atoms with van der Waals surface area (Å²) in [4.78, 5) is 26.6. The minimum atomic E-state index is -0.342. The molecular weight excluding hydrogens is 681 g/mol. The number of aliphatic hydroxyl groups is 1. The summed E-state index contributed by atoms with van der Waals surface area (Å²) in [5.41, 5.74) is 6.15. The number of aryl methyl sites for hydroxylation is 1. The van der Waals surface area contributed by atoms with Crippen LogP contribution in [0, 0.1) is 24.2 Å². The van der Waals surface area contributed by atoms with Crippen LogP contribution in [0.15, 0.2) is 40.4 Å². The Kier molecular flexibility index (Phi) is 14.1. The number of hydrogen-bond acceptors (Lipinski definition) is 9. The summed E-state index contributed by atoms with van der Waals surface area (Å²) < 4.78 is 5.86. The van der Waals surface area contributed by atoms with Gasteiger partial charge in [-0.1, -0.05) is 63.5 Å². The fourth-order valence-corrected chi connectivity index (χ4v) is 10.2. The van der Waals surface area contributed by atoms with Crippen LogP contribution < -0.4 is 10.2 Å². The van der Waals surface area contributed by atoms with Crippen molar-refractivity contribution in [3.05, 3.63) is 52.9 Å². The molecule has 2 aliphatic heterocycles. The van der Waals surface area contributed by atoms with Crippen molar-refractivity contribution in [1.82, 2.24) is 25.3 Å². The van der Waals surface area contributed by atoms with Gasteiger partial charge in [-0.25, -0.2) is 4.98 Å². The number of benzene rings is 1. The van der Waals surface area contributed by atoms with E-state index in [1.54, 1.807) is 11.3 Å². The molecule has 3 fully saturated rings. The maximum Gasteiger partial charge on any atom is 0.231 e. The molecule has 0 radical (unpaired) electrons. The minimum absolute atomic E-state index is 0.0348. The van der Waals surface area contributed by atoms with Crippen LogP contribution in [0.2, 0.25) is 0 Å². The minimum Gasteiger partial charge on any atom is -0.395 e. The van der Waals surface area contributed by atoms with Crippen LogP contribution in [0.4, 0.5) is 5.82 Å². The molecule has 1 aromatic carbocycles. The smallest absolute Gasteiger partial charge is 0.231 e. The first-order valence-corrected chi connectivity index (χ1v) is 21.6. The number of nitrogens with one attached hydrogen (secondary N) is 1. The Morgan fingerprint density at radius 1 is 1.08 bits per heavy atom. The summed E-state index contributed by atoms with van der Waals surface area (Å²) in [6, 6.07) is 11.6. The molecule has 4 heterocycles. The van der Waals surface area contributed by atoms with Crippen molar-refractivity contribution in [3.63, 3.8) is 0 Å². The van der Waals surface area contributed by atoms with Gasteiger partial charge < -0.3 is 24.7 Å². The van der Waals surface area contributed by atoms with Crippen molar-refractivity contribution in [2.45, 2.75) is 117 Å². The van der Waals surface area contributed by atoms with Crippen molar-refractivity contribution in [3.8, 4) is 10.4 Å². The van der Waals surface area contributed by atoms with E-state index in [9.17, 15) is 9.90 Å².